The second kappa shape index (κ2) is 10.4. The van der Waals surface area contributed by atoms with E-state index in [-0.39, 0.29) is 5.69 Å². The molecule has 0 aliphatic carbocycles. The van der Waals surface area contributed by atoms with Gasteiger partial charge in [0.25, 0.3) is 0 Å². The summed E-state index contributed by atoms with van der Waals surface area (Å²) in [6, 6.07) is 7.82. The van der Waals surface area contributed by atoms with Crippen molar-refractivity contribution >= 4 is 12.2 Å². The van der Waals surface area contributed by atoms with Crippen molar-refractivity contribution < 1.29 is 4.74 Å². The molecule has 2 heterocycles. The number of hydrogen-bond donors (Lipinski definition) is 1. The van der Waals surface area contributed by atoms with Gasteiger partial charge in [0.05, 0.1) is 13.7 Å². The van der Waals surface area contributed by atoms with Gasteiger partial charge >= 0.3 is 5.69 Å². The highest BCUT2D eigenvalue weighted by Crippen LogP contribution is 2.14. The SMILES string of the molecule is CCCCCCCn1nc(Cc2ccc(OC)cc2)n(Cc2n[nH]c(=S)n2C)c1=O. The maximum Gasteiger partial charge on any atom is 0.346 e. The number of methoxy groups -OCH3 is 1. The van der Waals surface area contributed by atoms with Crippen LogP contribution < -0.4 is 10.4 Å². The lowest BCUT2D eigenvalue weighted by Crippen LogP contribution is -2.27. The Morgan fingerprint density at radius 1 is 1.10 bits per heavy atom. The van der Waals surface area contributed by atoms with Crippen LogP contribution in [0.25, 0.3) is 0 Å². The summed E-state index contributed by atoms with van der Waals surface area (Å²) in [4.78, 5) is 13.1. The maximum absolute atomic E-state index is 13.1. The van der Waals surface area contributed by atoms with Gasteiger partial charge in [-0.1, -0.05) is 44.7 Å². The smallest absolute Gasteiger partial charge is 0.346 e. The molecule has 0 aliphatic heterocycles. The number of rotatable bonds is 11. The topological polar surface area (TPSA) is 82.7 Å². The van der Waals surface area contributed by atoms with Gasteiger partial charge in [0, 0.05) is 20.0 Å². The molecule has 1 aromatic carbocycles. The van der Waals surface area contributed by atoms with Crippen LogP contribution in [-0.4, -0.2) is 36.2 Å². The van der Waals surface area contributed by atoms with E-state index in [9.17, 15) is 4.79 Å². The number of unbranched alkanes of at least 4 members (excludes halogenated alkanes) is 4. The Balaban J connectivity index is 1.85. The van der Waals surface area contributed by atoms with E-state index >= 15 is 0 Å². The van der Waals surface area contributed by atoms with Crippen LogP contribution in [0.5, 0.6) is 5.75 Å². The number of nitrogens with zero attached hydrogens (tertiary/aromatic N) is 5. The molecular formula is C21H30N6O2S. The molecule has 0 amide bonds. The monoisotopic (exact) mass is 430 g/mol. The Kier molecular flexibility index (Phi) is 7.62. The van der Waals surface area contributed by atoms with Crippen molar-refractivity contribution in [2.45, 2.75) is 58.5 Å². The number of benzene rings is 1. The zero-order valence-corrected chi connectivity index (χ0v) is 18.7. The lowest BCUT2D eigenvalue weighted by molar-refractivity contribution is 0.414. The van der Waals surface area contributed by atoms with Crippen LogP contribution in [0.4, 0.5) is 0 Å². The number of aromatic amines is 1. The first-order valence-electron chi connectivity index (χ1n) is 10.4. The number of aromatic nitrogens is 6. The predicted octanol–water partition coefficient (Wildman–Crippen LogP) is 3.45. The van der Waals surface area contributed by atoms with Crippen LogP contribution in [0.2, 0.25) is 0 Å². The summed E-state index contributed by atoms with van der Waals surface area (Å²) < 4.78 is 10.8. The summed E-state index contributed by atoms with van der Waals surface area (Å²) in [6.45, 7) is 3.15. The van der Waals surface area contributed by atoms with Gasteiger partial charge in [-0.25, -0.2) is 9.48 Å². The van der Waals surface area contributed by atoms with Gasteiger partial charge in [-0.15, -0.1) is 0 Å². The van der Waals surface area contributed by atoms with E-state index in [1.54, 1.807) is 20.9 Å². The Morgan fingerprint density at radius 2 is 1.83 bits per heavy atom. The molecule has 0 saturated heterocycles. The lowest BCUT2D eigenvalue weighted by Gasteiger charge is -2.06. The summed E-state index contributed by atoms with van der Waals surface area (Å²) in [5.74, 6) is 2.21. The minimum atomic E-state index is -0.108. The van der Waals surface area contributed by atoms with E-state index in [0.29, 0.717) is 35.9 Å². The fourth-order valence-electron chi connectivity index (χ4n) is 3.37. The third-order valence-corrected chi connectivity index (χ3v) is 5.63. The zero-order chi connectivity index (χ0) is 21.5. The van der Waals surface area contributed by atoms with Crippen molar-refractivity contribution in [1.82, 2.24) is 29.1 Å². The van der Waals surface area contributed by atoms with Crippen LogP contribution >= 0.6 is 12.2 Å². The second-order valence-electron chi connectivity index (χ2n) is 7.45. The Hall–Kier alpha value is -2.68. The third kappa shape index (κ3) is 5.27. The molecule has 1 N–H and O–H groups in total. The molecule has 0 atom stereocenters. The van der Waals surface area contributed by atoms with E-state index in [4.69, 9.17) is 17.0 Å². The summed E-state index contributed by atoms with van der Waals surface area (Å²) in [7, 11) is 3.49. The van der Waals surface area contributed by atoms with Gasteiger partial charge in [-0.3, -0.25) is 9.67 Å². The van der Waals surface area contributed by atoms with E-state index in [1.807, 2.05) is 31.3 Å². The van der Waals surface area contributed by atoms with Crippen LogP contribution in [0.1, 0.15) is 56.2 Å². The molecule has 2 aromatic heterocycles. The van der Waals surface area contributed by atoms with Crippen LogP contribution in [0, 0.1) is 4.77 Å². The summed E-state index contributed by atoms with van der Waals surface area (Å²) in [5, 5.41) is 11.7. The van der Waals surface area contributed by atoms with Crippen molar-refractivity contribution in [1.29, 1.82) is 0 Å². The first-order valence-corrected chi connectivity index (χ1v) is 10.8. The summed E-state index contributed by atoms with van der Waals surface area (Å²) in [5.41, 5.74) is 0.954. The standard InChI is InChI=1S/C21H30N6O2S/c1-4-5-6-7-8-13-27-21(28)26(15-19-22-23-20(30)25(19)2)18(24-27)14-16-9-11-17(29-3)12-10-16/h9-12H,4-8,13-15H2,1-3H3,(H,23,30). The van der Waals surface area contributed by atoms with E-state index in [0.717, 1.165) is 24.2 Å². The average Bonchev–Trinajstić information content (AvgIpc) is 3.22. The van der Waals surface area contributed by atoms with Crippen LogP contribution in [0.3, 0.4) is 0 Å². The van der Waals surface area contributed by atoms with Crippen LogP contribution in [0.15, 0.2) is 29.1 Å². The normalized spacial score (nSPS) is 11.2. The molecule has 0 unspecified atom stereocenters. The third-order valence-electron chi connectivity index (χ3n) is 5.27. The molecule has 3 rings (SSSR count). The van der Waals surface area contributed by atoms with Gasteiger partial charge in [0.15, 0.2) is 10.6 Å². The van der Waals surface area contributed by atoms with Crippen molar-refractivity contribution in [2.75, 3.05) is 7.11 Å². The fourth-order valence-corrected chi connectivity index (χ4v) is 3.53. The Morgan fingerprint density at radius 3 is 2.47 bits per heavy atom. The van der Waals surface area contributed by atoms with Crippen molar-refractivity contribution in [3.8, 4) is 5.75 Å². The molecule has 3 aromatic rings. The molecule has 0 saturated carbocycles. The highest BCUT2D eigenvalue weighted by Gasteiger charge is 2.16. The van der Waals surface area contributed by atoms with Gasteiger partial charge in [0.1, 0.15) is 11.6 Å². The first kappa shape index (κ1) is 22.0. The number of nitrogens with one attached hydrogen (secondary N) is 1. The molecule has 8 nitrogen and oxygen atoms in total. The van der Waals surface area contributed by atoms with Gasteiger partial charge in [-0.2, -0.15) is 10.2 Å². The van der Waals surface area contributed by atoms with E-state index < -0.39 is 0 Å². The molecule has 30 heavy (non-hydrogen) atoms. The number of ether oxygens (including phenoxy) is 1. The van der Waals surface area contributed by atoms with E-state index in [2.05, 4.69) is 22.2 Å². The Labute approximate surface area is 181 Å². The van der Waals surface area contributed by atoms with Crippen molar-refractivity contribution in [2.24, 2.45) is 7.05 Å². The number of hydrogen-bond acceptors (Lipinski definition) is 5. The van der Waals surface area contributed by atoms with Gasteiger partial charge < -0.3 is 9.30 Å². The number of aryl methyl sites for hydroxylation is 1. The highest BCUT2D eigenvalue weighted by atomic mass is 32.1. The molecule has 0 aliphatic rings. The van der Waals surface area contributed by atoms with Gasteiger partial charge in [0.2, 0.25) is 0 Å². The number of H-pyrrole nitrogens is 1. The molecule has 0 radical (unpaired) electrons. The van der Waals surface area contributed by atoms with Crippen LogP contribution in [-0.2, 0) is 26.6 Å². The molecule has 162 valence electrons. The molecule has 9 heteroatoms. The van der Waals surface area contributed by atoms with E-state index in [1.165, 1.54) is 19.3 Å². The molecule has 0 bridgehead atoms. The molecule has 0 fully saturated rings. The van der Waals surface area contributed by atoms with Crippen molar-refractivity contribution in [3.05, 3.63) is 56.7 Å². The average molecular weight is 431 g/mol. The molecular weight excluding hydrogens is 400 g/mol. The largest absolute Gasteiger partial charge is 0.497 e. The second-order valence-corrected chi connectivity index (χ2v) is 7.84. The summed E-state index contributed by atoms with van der Waals surface area (Å²) in [6.07, 6.45) is 6.23. The minimum Gasteiger partial charge on any atom is -0.497 e. The quantitative estimate of drug-likeness (QED) is 0.372. The minimum absolute atomic E-state index is 0.108. The van der Waals surface area contributed by atoms with Gasteiger partial charge in [-0.05, 0) is 36.3 Å². The predicted molar refractivity (Wildman–Crippen MR) is 119 cm³/mol. The zero-order valence-electron chi connectivity index (χ0n) is 17.9. The lowest BCUT2D eigenvalue weighted by atomic mass is 10.1. The fraction of sp³-hybridized carbons (Fsp3) is 0.524. The highest BCUT2D eigenvalue weighted by molar-refractivity contribution is 7.71. The molecule has 0 spiro atoms. The van der Waals surface area contributed by atoms with Crippen molar-refractivity contribution in [3.63, 3.8) is 0 Å². The summed E-state index contributed by atoms with van der Waals surface area (Å²) >= 11 is 5.21. The Bertz CT molecular complexity index is 1060. The maximum atomic E-state index is 13.1. The first-order chi connectivity index (χ1) is 14.5.